The maximum Gasteiger partial charge on any atom is 2.00 e. The Hall–Kier alpha value is -0.126. The molecule has 1 nitrogen and oxygen atoms in total. The van der Waals surface area contributed by atoms with E-state index in [0.717, 1.165) is 0 Å². The molecule has 33 heavy (non-hydrogen) atoms. The van der Waals surface area contributed by atoms with Gasteiger partial charge < -0.3 is 24.8 Å². The van der Waals surface area contributed by atoms with Gasteiger partial charge in [-0.2, -0.15) is 0 Å². The predicted octanol–water partition coefficient (Wildman–Crippen LogP) is 2.66. The largest absolute Gasteiger partial charge is 2.00 e. The van der Waals surface area contributed by atoms with E-state index in [4.69, 9.17) is 4.74 Å². The molecule has 0 saturated heterocycles. The maximum absolute atomic E-state index is 14.5. The molecule has 186 valence electrons. The number of hydrogen-bond acceptors (Lipinski definition) is 1. The molecule has 10 heteroatoms. The predicted molar refractivity (Wildman–Crippen MR) is 116 cm³/mol. The molecule has 1 aliphatic carbocycles. The van der Waals surface area contributed by atoms with Gasteiger partial charge in [0.15, 0.2) is 23.3 Å². The molecule has 0 radical (unpaired) electrons. The van der Waals surface area contributed by atoms with Crippen LogP contribution in [0.4, 0.5) is 22.0 Å². The summed E-state index contributed by atoms with van der Waals surface area (Å²) in [5.41, 5.74) is -0.579. The smallest absolute Gasteiger partial charge is 1.00 e. The third-order valence-electron chi connectivity index (χ3n) is 5.57. The minimum absolute atomic E-state index is 0. The van der Waals surface area contributed by atoms with Crippen LogP contribution in [0.5, 0.6) is 0 Å². The zero-order valence-corrected chi connectivity index (χ0v) is 24.4. The fourth-order valence-electron chi connectivity index (χ4n) is 5.31. The summed E-state index contributed by atoms with van der Waals surface area (Å²) in [6.45, 7) is 18.9. The van der Waals surface area contributed by atoms with Crippen molar-refractivity contribution in [2.45, 2.75) is 84.2 Å². The number of allylic oxidation sites excluding steroid dienone is 3. The van der Waals surface area contributed by atoms with Crippen LogP contribution in [0.3, 0.4) is 0 Å². The second-order valence-electron chi connectivity index (χ2n) is 10.7. The minimum atomic E-state index is -2.30. The number of benzene rings is 1. The molecule has 1 aromatic carbocycles. The van der Waals surface area contributed by atoms with Crippen molar-refractivity contribution in [2.24, 2.45) is 4.74 Å². The number of halogens is 7. The van der Waals surface area contributed by atoms with Gasteiger partial charge in [-0.3, -0.25) is 4.74 Å². The van der Waals surface area contributed by atoms with Gasteiger partial charge in [-0.1, -0.05) is 74.5 Å². The van der Waals surface area contributed by atoms with Crippen LogP contribution in [0, 0.1) is 29.1 Å². The van der Waals surface area contributed by atoms with Crippen LogP contribution >= 0.6 is 7.05 Å². The van der Waals surface area contributed by atoms with Gasteiger partial charge >= 0.3 is 21.7 Å². The Balaban J connectivity index is 0. The summed E-state index contributed by atoms with van der Waals surface area (Å²) in [6, 6.07) is 0. The van der Waals surface area contributed by atoms with Gasteiger partial charge in [-0.15, -0.1) is 0 Å². The van der Waals surface area contributed by atoms with Crippen molar-refractivity contribution in [2.75, 3.05) is 0 Å². The zero-order valence-electron chi connectivity index (χ0n) is 20.4. The summed E-state index contributed by atoms with van der Waals surface area (Å²) in [7, 11) is -2.30. The molecule has 0 amide bonds. The maximum atomic E-state index is 14.5. The van der Waals surface area contributed by atoms with E-state index >= 15 is 0 Å². The zero-order chi connectivity index (χ0) is 23.4. The summed E-state index contributed by atoms with van der Waals surface area (Å²) >= 11 is 0. The second kappa shape index (κ2) is 11.3. The van der Waals surface area contributed by atoms with E-state index in [-0.39, 0.29) is 74.0 Å². The summed E-state index contributed by atoms with van der Waals surface area (Å²) in [5, 5.41) is -0.790. The first-order valence-corrected chi connectivity index (χ1v) is 11.7. The third kappa shape index (κ3) is 5.83. The molecule has 0 aromatic heterocycles. The summed E-state index contributed by atoms with van der Waals surface area (Å²) in [5.74, 6) is -9.70. The van der Waals surface area contributed by atoms with Crippen LogP contribution in [0.25, 0.3) is 5.57 Å². The molecular weight excluding hydrogens is 535 g/mol. The second-order valence-corrected chi connectivity index (χ2v) is 16.2. The Morgan fingerprint density at radius 2 is 1.00 bits per heavy atom. The molecule has 0 saturated carbocycles. The fourth-order valence-corrected chi connectivity index (χ4v) is 12.8. The van der Waals surface area contributed by atoms with E-state index in [1.165, 1.54) is 6.08 Å². The van der Waals surface area contributed by atoms with Gasteiger partial charge in [0.05, 0.1) is 11.3 Å². The van der Waals surface area contributed by atoms with Crippen molar-refractivity contribution in [3.05, 3.63) is 52.5 Å². The summed E-state index contributed by atoms with van der Waals surface area (Å²) < 4.78 is 75.5. The van der Waals surface area contributed by atoms with Crippen LogP contribution in [-0.4, -0.2) is 15.5 Å². The molecule has 1 aliphatic rings. The van der Waals surface area contributed by atoms with Crippen molar-refractivity contribution in [3.8, 4) is 0 Å². The first-order chi connectivity index (χ1) is 13.4. The van der Waals surface area contributed by atoms with E-state index in [1.54, 1.807) is 6.08 Å². The van der Waals surface area contributed by atoms with Gasteiger partial charge in [0.25, 0.3) is 0 Å². The van der Waals surface area contributed by atoms with Crippen molar-refractivity contribution in [1.29, 1.82) is 0 Å². The summed E-state index contributed by atoms with van der Waals surface area (Å²) in [4.78, 5) is 0. The first kappa shape index (κ1) is 35.0. The SMILES string of the molecule is CC(C)(C)P(=NC1=C(c2c(F)c(F)c(F)c(F)c2F)C=CC1)(C(C)(C)C)C(C)(C)C.[Cl-].[Cl-].[Ti+2]. The van der Waals surface area contributed by atoms with E-state index in [1.807, 2.05) is 0 Å². The molecule has 0 aliphatic heterocycles. The van der Waals surface area contributed by atoms with Gasteiger partial charge in [-0.05, 0) is 22.5 Å². The molecular formula is C23H31Cl2F5NPTi. The molecule has 1 aromatic rings. The Bertz CT molecular complexity index is 928. The van der Waals surface area contributed by atoms with Crippen molar-refractivity contribution < 1.29 is 68.5 Å². The topological polar surface area (TPSA) is 12.4 Å². The van der Waals surface area contributed by atoms with Crippen molar-refractivity contribution in [1.82, 2.24) is 0 Å². The average Bonchev–Trinajstić information content (AvgIpc) is 3.00. The van der Waals surface area contributed by atoms with E-state index in [9.17, 15) is 22.0 Å². The molecule has 0 N–H and O–H groups in total. The number of rotatable bonds is 2. The molecule has 0 atom stereocenters. The fraction of sp³-hybridized carbons (Fsp3) is 0.565. The first-order valence-electron chi connectivity index (χ1n) is 9.92. The third-order valence-corrected chi connectivity index (χ3v) is 11.9. The molecule has 0 heterocycles. The average molecular weight is 566 g/mol. The van der Waals surface area contributed by atoms with Crippen LogP contribution in [0.2, 0.25) is 0 Å². The molecule has 0 spiro atoms. The summed E-state index contributed by atoms with van der Waals surface area (Å²) in [6.07, 6.45) is 3.33. The Morgan fingerprint density at radius 1 is 0.667 bits per heavy atom. The molecule has 2 rings (SSSR count). The molecule has 0 bridgehead atoms. The number of nitrogens with zero attached hydrogens (tertiary/aromatic N) is 1. The molecule has 0 unspecified atom stereocenters. The van der Waals surface area contributed by atoms with Crippen LogP contribution in [-0.2, 0) is 21.7 Å². The van der Waals surface area contributed by atoms with Gasteiger partial charge in [0, 0.05) is 12.0 Å². The van der Waals surface area contributed by atoms with Gasteiger partial charge in [0.2, 0.25) is 5.82 Å². The van der Waals surface area contributed by atoms with Crippen LogP contribution < -0.4 is 24.8 Å². The van der Waals surface area contributed by atoms with Gasteiger partial charge in [0.1, 0.15) is 0 Å². The van der Waals surface area contributed by atoms with Crippen LogP contribution in [0.15, 0.2) is 22.6 Å². The molecule has 0 fully saturated rings. The number of hydrogen-bond donors (Lipinski definition) is 0. The normalized spacial score (nSPS) is 14.5. The Morgan fingerprint density at radius 3 is 1.33 bits per heavy atom. The van der Waals surface area contributed by atoms with Crippen molar-refractivity contribution >= 4 is 12.6 Å². The Kier molecular flexibility index (Phi) is 12.0. The quantitative estimate of drug-likeness (QED) is 0.172. The Labute approximate surface area is 221 Å². The van der Waals surface area contributed by atoms with E-state index in [0.29, 0.717) is 5.70 Å². The minimum Gasteiger partial charge on any atom is -1.00 e. The van der Waals surface area contributed by atoms with Crippen LogP contribution in [0.1, 0.15) is 74.3 Å². The van der Waals surface area contributed by atoms with Crippen molar-refractivity contribution in [3.63, 3.8) is 0 Å². The standard InChI is InChI=1S/C23H31F5NP.2ClH.Ti/c1-21(2,3)30(22(4,5)6,23(7,8)9)29-14-12-10-11-13(14)15-16(24)18(26)20(28)19(27)17(15)25;;;/h10-11H,12H2,1-9H3;2*1H;/q;;;+2/p-2. The van der Waals surface area contributed by atoms with E-state index < -0.39 is 41.7 Å². The monoisotopic (exact) mass is 565 g/mol. The van der Waals surface area contributed by atoms with Gasteiger partial charge in [-0.25, -0.2) is 22.0 Å². The van der Waals surface area contributed by atoms with E-state index in [2.05, 4.69) is 62.3 Å².